The summed E-state index contributed by atoms with van der Waals surface area (Å²) in [6, 6.07) is 6.63. The molecule has 3 heteroatoms. The maximum absolute atomic E-state index is 12.6. The Kier molecular flexibility index (Phi) is 2.79. The highest BCUT2D eigenvalue weighted by molar-refractivity contribution is 5.15. The quantitative estimate of drug-likeness (QED) is 0.679. The lowest BCUT2D eigenvalue weighted by molar-refractivity contribution is 0.278. The van der Waals surface area contributed by atoms with Crippen LogP contribution < -0.4 is 0 Å². The Labute approximate surface area is 83.3 Å². The number of ether oxygens (including phenoxy) is 1. The molecule has 0 N–H and O–H groups in total. The van der Waals surface area contributed by atoms with E-state index >= 15 is 0 Å². The summed E-state index contributed by atoms with van der Waals surface area (Å²) >= 11 is 0. The Hall–Kier alpha value is -0.930. The van der Waals surface area contributed by atoms with Crippen LogP contribution in [-0.4, -0.2) is 31.2 Å². The first-order valence-corrected chi connectivity index (χ1v) is 4.78. The molecule has 76 valence electrons. The third kappa shape index (κ3) is 2.79. The van der Waals surface area contributed by atoms with Crippen molar-refractivity contribution in [1.82, 2.24) is 4.90 Å². The minimum Gasteiger partial charge on any atom is -0.372 e. The third-order valence-electron chi connectivity index (χ3n) is 2.28. The van der Waals surface area contributed by atoms with Gasteiger partial charge in [0.2, 0.25) is 0 Å². The lowest BCUT2D eigenvalue weighted by Crippen LogP contribution is -2.22. The van der Waals surface area contributed by atoms with E-state index in [9.17, 15) is 4.39 Å². The summed E-state index contributed by atoms with van der Waals surface area (Å²) in [7, 11) is 2.05. The molecule has 14 heavy (non-hydrogen) atoms. The highest BCUT2D eigenvalue weighted by Gasteiger charge is 2.23. The fourth-order valence-electron chi connectivity index (χ4n) is 1.49. The minimum absolute atomic E-state index is 0.179. The van der Waals surface area contributed by atoms with E-state index in [4.69, 9.17) is 4.74 Å². The lowest BCUT2D eigenvalue weighted by Gasteiger charge is -2.14. The molecule has 1 aromatic carbocycles. The van der Waals surface area contributed by atoms with E-state index in [1.165, 1.54) is 12.1 Å². The largest absolute Gasteiger partial charge is 0.372 e. The van der Waals surface area contributed by atoms with E-state index in [0.29, 0.717) is 6.10 Å². The Bertz CT molecular complexity index is 295. The van der Waals surface area contributed by atoms with Gasteiger partial charge in [-0.1, -0.05) is 12.1 Å². The van der Waals surface area contributed by atoms with Crippen LogP contribution in [0, 0.1) is 5.82 Å². The molecule has 1 heterocycles. The maximum atomic E-state index is 12.6. The first-order valence-electron chi connectivity index (χ1n) is 4.78. The Morgan fingerprint density at radius 1 is 1.43 bits per heavy atom. The maximum Gasteiger partial charge on any atom is 0.123 e. The van der Waals surface area contributed by atoms with Crippen molar-refractivity contribution < 1.29 is 9.13 Å². The molecule has 2 nitrogen and oxygen atoms in total. The predicted octanol–water partition coefficient (Wildman–Crippen LogP) is 1.66. The van der Waals surface area contributed by atoms with Crippen molar-refractivity contribution in [2.45, 2.75) is 12.6 Å². The zero-order valence-electron chi connectivity index (χ0n) is 8.24. The summed E-state index contributed by atoms with van der Waals surface area (Å²) in [6.45, 7) is 2.69. The second kappa shape index (κ2) is 4.07. The third-order valence-corrected chi connectivity index (χ3v) is 2.28. The SMILES string of the molecule is CN(Cc1ccc(F)cc1)CC1CO1. The average molecular weight is 195 g/mol. The van der Waals surface area contributed by atoms with Crippen LogP contribution in [0.4, 0.5) is 4.39 Å². The van der Waals surface area contributed by atoms with Crippen LogP contribution in [-0.2, 0) is 11.3 Å². The number of likely N-dealkylation sites (N-methyl/N-ethyl adjacent to an activating group) is 1. The molecule has 0 saturated carbocycles. The molecule has 1 aromatic rings. The van der Waals surface area contributed by atoms with E-state index in [1.807, 2.05) is 19.2 Å². The number of hydrogen-bond donors (Lipinski definition) is 0. The van der Waals surface area contributed by atoms with Gasteiger partial charge in [0.05, 0.1) is 12.7 Å². The van der Waals surface area contributed by atoms with Gasteiger partial charge >= 0.3 is 0 Å². The van der Waals surface area contributed by atoms with Gasteiger partial charge in [0.25, 0.3) is 0 Å². The lowest BCUT2D eigenvalue weighted by atomic mass is 10.2. The van der Waals surface area contributed by atoms with E-state index < -0.39 is 0 Å². The van der Waals surface area contributed by atoms with Gasteiger partial charge < -0.3 is 4.74 Å². The molecule has 1 aliphatic rings. The number of benzene rings is 1. The van der Waals surface area contributed by atoms with Crippen LogP contribution in [0.5, 0.6) is 0 Å². The molecule has 1 saturated heterocycles. The summed E-state index contributed by atoms with van der Waals surface area (Å²) in [5.41, 5.74) is 1.13. The van der Waals surface area contributed by atoms with Crippen molar-refractivity contribution >= 4 is 0 Å². The van der Waals surface area contributed by atoms with Crippen molar-refractivity contribution in [2.75, 3.05) is 20.2 Å². The highest BCUT2D eigenvalue weighted by atomic mass is 19.1. The average Bonchev–Trinajstić information content (AvgIpc) is 2.93. The molecule has 0 aliphatic carbocycles. The van der Waals surface area contributed by atoms with Gasteiger partial charge in [0, 0.05) is 13.1 Å². The fourth-order valence-corrected chi connectivity index (χ4v) is 1.49. The second-order valence-corrected chi connectivity index (χ2v) is 3.78. The van der Waals surface area contributed by atoms with Crippen LogP contribution in [0.25, 0.3) is 0 Å². The van der Waals surface area contributed by atoms with Crippen molar-refractivity contribution in [3.63, 3.8) is 0 Å². The van der Waals surface area contributed by atoms with Crippen LogP contribution >= 0.6 is 0 Å². The van der Waals surface area contributed by atoms with Gasteiger partial charge in [0.15, 0.2) is 0 Å². The first-order chi connectivity index (χ1) is 6.74. The number of rotatable bonds is 4. The fraction of sp³-hybridized carbons (Fsp3) is 0.455. The van der Waals surface area contributed by atoms with Crippen molar-refractivity contribution in [1.29, 1.82) is 0 Å². The summed E-state index contributed by atoms with van der Waals surface area (Å²) in [4.78, 5) is 2.19. The number of hydrogen-bond acceptors (Lipinski definition) is 2. The monoisotopic (exact) mass is 195 g/mol. The molecule has 0 aromatic heterocycles. The van der Waals surface area contributed by atoms with Crippen LogP contribution in [0.1, 0.15) is 5.56 Å². The summed E-state index contributed by atoms with van der Waals surface area (Å²) < 4.78 is 17.7. The number of epoxide rings is 1. The van der Waals surface area contributed by atoms with E-state index in [-0.39, 0.29) is 5.82 Å². The zero-order valence-corrected chi connectivity index (χ0v) is 8.24. The molecule has 1 fully saturated rings. The summed E-state index contributed by atoms with van der Waals surface area (Å²) in [5.74, 6) is -0.179. The summed E-state index contributed by atoms with van der Waals surface area (Å²) in [6.07, 6.45) is 0.417. The van der Waals surface area contributed by atoms with Gasteiger partial charge in [0.1, 0.15) is 5.82 Å². The number of halogens is 1. The van der Waals surface area contributed by atoms with Gasteiger partial charge in [-0.25, -0.2) is 4.39 Å². The van der Waals surface area contributed by atoms with E-state index in [2.05, 4.69) is 4.90 Å². The van der Waals surface area contributed by atoms with Gasteiger partial charge in [-0.15, -0.1) is 0 Å². The summed E-state index contributed by atoms with van der Waals surface area (Å²) in [5, 5.41) is 0. The van der Waals surface area contributed by atoms with Crippen molar-refractivity contribution in [3.8, 4) is 0 Å². The van der Waals surface area contributed by atoms with Crippen molar-refractivity contribution in [2.24, 2.45) is 0 Å². The molecule has 1 unspecified atom stereocenters. The molecule has 0 bridgehead atoms. The zero-order chi connectivity index (χ0) is 9.97. The molecular weight excluding hydrogens is 181 g/mol. The van der Waals surface area contributed by atoms with Gasteiger partial charge in [-0.05, 0) is 24.7 Å². The van der Waals surface area contributed by atoms with Gasteiger partial charge in [-0.2, -0.15) is 0 Å². The smallest absolute Gasteiger partial charge is 0.123 e. The molecule has 0 amide bonds. The van der Waals surface area contributed by atoms with Crippen LogP contribution in [0.2, 0.25) is 0 Å². The highest BCUT2D eigenvalue weighted by Crippen LogP contribution is 2.12. The Morgan fingerprint density at radius 3 is 2.64 bits per heavy atom. The molecule has 1 atom stereocenters. The van der Waals surface area contributed by atoms with E-state index in [0.717, 1.165) is 25.3 Å². The number of nitrogens with zero attached hydrogens (tertiary/aromatic N) is 1. The Balaban J connectivity index is 1.85. The molecule has 1 aliphatic heterocycles. The van der Waals surface area contributed by atoms with E-state index in [1.54, 1.807) is 0 Å². The first kappa shape index (κ1) is 9.62. The normalized spacial score (nSPS) is 20.1. The molecule has 2 rings (SSSR count). The second-order valence-electron chi connectivity index (χ2n) is 3.78. The molecule has 0 spiro atoms. The van der Waals surface area contributed by atoms with Crippen LogP contribution in [0.3, 0.4) is 0 Å². The molecular formula is C11H14FNO. The Morgan fingerprint density at radius 2 is 2.07 bits per heavy atom. The standard InChI is InChI=1S/C11H14FNO/c1-13(7-11-8-14-11)6-9-2-4-10(12)5-3-9/h2-5,11H,6-8H2,1H3. The van der Waals surface area contributed by atoms with Crippen molar-refractivity contribution in [3.05, 3.63) is 35.6 Å². The predicted molar refractivity (Wildman–Crippen MR) is 52.5 cm³/mol. The van der Waals surface area contributed by atoms with Crippen LogP contribution in [0.15, 0.2) is 24.3 Å². The topological polar surface area (TPSA) is 15.8 Å². The van der Waals surface area contributed by atoms with Gasteiger partial charge in [-0.3, -0.25) is 4.90 Å². The minimum atomic E-state index is -0.179. The molecule has 0 radical (unpaired) electrons.